The van der Waals surface area contributed by atoms with Crippen molar-refractivity contribution >= 4 is 56.2 Å². The zero-order valence-corrected chi connectivity index (χ0v) is 17.8. The third-order valence-corrected chi connectivity index (χ3v) is 5.97. The first-order chi connectivity index (χ1) is 11.2. The Kier molecular flexibility index (Phi) is 6.52. The summed E-state index contributed by atoms with van der Waals surface area (Å²) in [5.74, 6) is -0.277. The molecule has 24 heavy (non-hydrogen) atoms. The van der Waals surface area contributed by atoms with Gasteiger partial charge in [0.2, 0.25) is 5.91 Å². The first-order valence-corrected chi connectivity index (χ1v) is 9.77. The third-order valence-electron chi connectivity index (χ3n) is 3.63. The average Bonchev–Trinajstić information content (AvgIpc) is 2.49. The predicted molar refractivity (Wildman–Crippen MR) is 106 cm³/mol. The normalized spacial score (nSPS) is 18.2. The lowest BCUT2D eigenvalue weighted by Crippen LogP contribution is -2.45. The number of carbonyl (C=O) groups excluding carboxylic acids is 2. The van der Waals surface area contributed by atoms with Gasteiger partial charge in [-0.3, -0.25) is 4.79 Å². The van der Waals surface area contributed by atoms with Gasteiger partial charge in [0.25, 0.3) is 0 Å². The number of anilines is 1. The predicted octanol–water partition coefficient (Wildman–Crippen LogP) is 4.64. The molecule has 5 nitrogen and oxygen atoms in total. The lowest BCUT2D eigenvalue weighted by Gasteiger charge is -2.33. The molecule has 1 heterocycles. The first-order valence-electron chi connectivity index (χ1n) is 7.89. The number of hydrogen-bond donors (Lipinski definition) is 1. The second kappa shape index (κ2) is 8.03. The van der Waals surface area contributed by atoms with Crippen LogP contribution < -0.4 is 5.32 Å². The van der Waals surface area contributed by atoms with Crippen molar-refractivity contribution in [3.05, 3.63) is 26.2 Å². The van der Waals surface area contributed by atoms with E-state index in [9.17, 15) is 9.59 Å². The molecule has 0 spiro atoms. The fourth-order valence-electron chi connectivity index (χ4n) is 2.50. The van der Waals surface area contributed by atoms with Crippen LogP contribution in [0.2, 0.25) is 0 Å². The molecular weight excluding hydrogens is 487 g/mol. The van der Waals surface area contributed by atoms with Crippen LogP contribution in [-0.2, 0) is 9.53 Å². The molecule has 1 N–H and O–H groups in total. The molecule has 1 aromatic rings. The summed E-state index contributed by atoms with van der Waals surface area (Å²) in [6.45, 7) is 6.55. The molecule has 0 saturated carbocycles. The number of carbonyl (C=O) groups is 2. The van der Waals surface area contributed by atoms with E-state index >= 15 is 0 Å². The van der Waals surface area contributed by atoms with Crippen LogP contribution >= 0.6 is 38.5 Å². The summed E-state index contributed by atoms with van der Waals surface area (Å²) in [6, 6.07) is 5.70. The Morgan fingerprint density at radius 2 is 2.08 bits per heavy atom. The molecule has 2 amide bonds. The number of nitrogens with zero attached hydrogens (tertiary/aromatic N) is 1. The van der Waals surface area contributed by atoms with Gasteiger partial charge in [0.1, 0.15) is 5.60 Å². The minimum atomic E-state index is -0.528. The fraction of sp³-hybridized carbons (Fsp3) is 0.529. The lowest BCUT2D eigenvalue weighted by molar-refractivity contribution is -0.121. The largest absolute Gasteiger partial charge is 0.444 e. The number of nitrogens with one attached hydrogen (secondary N) is 1. The topological polar surface area (TPSA) is 58.6 Å². The highest BCUT2D eigenvalue weighted by Gasteiger charge is 2.31. The smallest absolute Gasteiger partial charge is 0.410 e. The number of likely N-dealkylation sites (tertiary alicyclic amines) is 1. The first kappa shape index (κ1) is 19.5. The molecule has 1 fully saturated rings. The van der Waals surface area contributed by atoms with E-state index in [1.165, 1.54) is 0 Å². The van der Waals surface area contributed by atoms with Crippen molar-refractivity contribution in [2.45, 2.75) is 39.2 Å². The number of rotatable bonds is 2. The maximum absolute atomic E-state index is 12.5. The van der Waals surface area contributed by atoms with E-state index in [4.69, 9.17) is 4.74 Å². The van der Waals surface area contributed by atoms with E-state index in [1.807, 2.05) is 39.0 Å². The third kappa shape index (κ3) is 5.61. The SMILES string of the molecule is CC(C)(C)OC(=O)N1CCCC(C(=O)Nc2ccc(I)c(Br)c2)C1. The van der Waals surface area contributed by atoms with Crippen molar-refractivity contribution in [2.75, 3.05) is 18.4 Å². The van der Waals surface area contributed by atoms with Gasteiger partial charge in [0.15, 0.2) is 0 Å². The molecule has 1 saturated heterocycles. The quantitative estimate of drug-likeness (QED) is 0.592. The lowest BCUT2D eigenvalue weighted by atomic mass is 9.97. The van der Waals surface area contributed by atoms with Crippen molar-refractivity contribution in [3.63, 3.8) is 0 Å². The molecule has 1 atom stereocenters. The van der Waals surface area contributed by atoms with Gasteiger partial charge in [-0.1, -0.05) is 0 Å². The zero-order chi connectivity index (χ0) is 17.9. The Morgan fingerprint density at radius 3 is 2.71 bits per heavy atom. The van der Waals surface area contributed by atoms with Crippen molar-refractivity contribution in [2.24, 2.45) is 5.92 Å². The van der Waals surface area contributed by atoms with Crippen molar-refractivity contribution in [1.82, 2.24) is 4.90 Å². The molecule has 1 aliphatic rings. The Balaban J connectivity index is 1.97. The molecule has 0 aliphatic carbocycles. The number of piperidine rings is 1. The average molecular weight is 509 g/mol. The van der Waals surface area contributed by atoms with Gasteiger partial charge in [0, 0.05) is 26.8 Å². The Hall–Kier alpha value is -0.830. The van der Waals surface area contributed by atoms with Crippen LogP contribution in [0.3, 0.4) is 0 Å². The number of amides is 2. The maximum atomic E-state index is 12.5. The Morgan fingerprint density at radius 1 is 1.38 bits per heavy atom. The van der Waals surface area contributed by atoms with Crippen LogP contribution in [0.5, 0.6) is 0 Å². The van der Waals surface area contributed by atoms with Gasteiger partial charge in [-0.15, -0.1) is 0 Å². The van der Waals surface area contributed by atoms with Crippen molar-refractivity contribution in [1.29, 1.82) is 0 Å². The molecule has 0 aromatic heterocycles. The number of benzene rings is 1. The molecule has 1 aromatic carbocycles. The summed E-state index contributed by atoms with van der Waals surface area (Å²) in [6.07, 6.45) is 1.22. The summed E-state index contributed by atoms with van der Waals surface area (Å²) in [4.78, 5) is 26.3. The van der Waals surface area contributed by atoms with Crippen molar-refractivity contribution < 1.29 is 14.3 Å². The number of ether oxygens (including phenoxy) is 1. The van der Waals surface area contributed by atoms with Crippen LogP contribution in [0.15, 0.2) is 22.7 Å². The van der Waals surface area contributed by atoms with Crippen LogP contribution in [-0.4, -0.2) is 35.6 Å². The zero-order valence-electron chi connectivity index (χ0n) is 14.1. The monoisotopic (exact) mass is 508 g/mol. The van der Waals surface area contributed by atoms with Crippen LogP contribution in [0, 0.1) is 9.49 Å². The highest BCUT2D eigenvalue weighted by molar-refractivity contribution is 14.1. The number of hydrogen-bond acceptors (Lipinski definition) is 3. The van der Waals surface area contributed by atoms with E-state index in [-0.39, 0.29) is 17.9 Å². The molecule has 7 heteroatoms. The molecular formula is C17H22BrIN2O3. The van der Waals surface area contributed by atoms with Crippen molar-refractivity contribution in [3.8, 4) is 0 Å². The van der Waals surface area contributed by atoms with Crippen LogP contribution in [0.4, 0.5) is 10.5 Å². The van der Waals surface area contributed by atoms with Gasteiger partial charge in [-0.05, 0) is 90.3 Å². The van der Waals surface area contributed by atoms with E-state index in [0.717, 1.165) is 26.6 Å². The number of halogens is 2. The molecule has 0 radical (unpaired) electrons. The second-order valence-corrected chi connectivity index (χ2v) is 8.90. The van der Waals surface area contributed by atoms with E-state index in [0.29, 0.717) is 13.1 Å². The Labute approximate surface area is 164 Å². The van der Waals surface area contributed by atoms with Gasteiger partial charge >= 0.3 is 6.09 Å². The molecule has 0 bridgehead atoms. The molecule has 2 rings (SSSR count). The van der Waals surface area contributed by atoms with Crippen LogP contribution in [0.25, 0.3) is 0 Å². The van der Waals surface area contributed by atoms with Crippen LogP contribution in [0.1, 0.15) is 33.6 Å². The summed E-state index contributed by atoms with van der Waals surface area (Å²) >= 11 is 5.68. The van der Waals surface area contributed by atoms with E-state index in [2.05, 4.69) is 43.8 Å². The highest BCUT2D eigenvalue weighted by Crippen LogP contribution is 2.25. The standard InChI is InChI=1S/C17H22BrIN2O3/c1-17(2,3)24-16(23)21-8-4-5-11(10-21)15(22)20-12-6-7-14(19)13(18)9-12/h6-7,9,11H,4-5,8,10H2,1-3H3,(H,20,22). The molecule has 132 valence electrons. The van der Waals surface area contributed by atoms with E-state index < -0.39 is 5.60 Å². The highest BCUT2D eigenvalue weighted by atomic mass is 127. The summed E-state index contributed by atoms with van der Waals surface area (Å²) in [5, 5.41) is 2.94. The van der Waals surface area contributed by atoms with E-state index in [1.54, 1.807) is 4.90 Å². The van der Waals surface area contributed by atoms with Gasteiger partial charge < -0.3 is 15.0 Å². The van der Waals surface area contributed by atoms with Gasteiger partial charge in [0.05, 0.1) is 5.92 Å². The summed E-state index contributed by atoms with van der Waals surface area (Å²) < 4.78 is 7.43. The minimum Gasteiger partial charge on any atom is -0.444 e. The summed E-state index contributed by atoms with van der Waals surface area (Å²) in [7, 11) is 0. The molecule has 1 aliphatic heterocycles. The van der Waals surface area contributed by atoms with Gasteiger partial charge in [-0.25, -0.2) is 4.79 Å². The summed E-state index contributed by atoms with van der Waals surface area (Å²) in [5.41, 5.74) is 0.224. The Bertz CT molecular complexity index is 631. The fourth-order valence-corrected chi connectivity index (χ4v) is 3.22. The minimum absolute atomic E-state index is 0.0589. The second-order valence-electron chi connectivity index (χ2n) is 6.88. The maximum Gasteiger partial charge on any atom is 0.410 e. The van der Waals surface area contributed by atoms with Gasteiger partial charge in [-0.2, -0.15) is 0 Å². The molecule has 1 unspecified atom stereocenters.